The number of rotatable bonds is 4. The molecule has 1 aromatic rings. The Hall–Kier alpha value is -1.73. The lowest BCUT2D eigenvalue weighted by Gasteiger charge is -2.32. The quantitative estimate of drug-likeness (QED) is 0.280. The Morgan fingerprint density at radius 1 is 1.09 bits per heavy atom. The van der Waals surface area contributed by atoms with E-state index in [0.29, 0.717) is 19.2 Å². The molecule has 7 heteroatoms. The van der Waals surface area contributed by atoms with Crippen LogP contribution >= 0.6 is 0 Å². The maximum absolute atomic E-state index is 13.6. The predicted molar refractivity (Wildman–Crippen MR) is 73.7 cm³/mol. The largest absolute Gasteiger partial charge is 0.304 e. The maximum atomic E-state index is 13.6. The van der Waals surface area contributed by atoms with Crippen molar-refractivity contribution in [3.8, 4) is 0 Å². The first-order valence-electron chi connectivity index (χ1n) is 6.77. The summed E-state index contributed by atoms with van der Waals surface area (Å²) in [5.74, 6) is -8.14. The Bertz CT molecular complexity index is 610. The molecule has 22 heavy (non-hydrogen) atoms. The van der Waals surface area contributed by atoms with Crippen molar-refractivity contribution in [1.82, 2.24) is 9.80 Å². The molecule has 0 N–H and O–H groups in total. The summed E-state index contributed by atoms with van der Waals surface area (Å²) in [4.78, 5) is 16.1. The first-order valence-corrected chi connectivity index (χ1v) is 6.77. The van der Waals surface area contributed by atoms with Crippen LogP contribution in [0.4, 0.5) is 17.6 Å². The van der Waals surface area contributed by atoms with Gasteiger partial charge in [-0.25, -0.2) is 17.6 Å². The van der Waals surface area contributed by atoms with E-state index in [-0.39, 0.29) is 12.1 Å². The zero-order valence-corrected chi connectivity index (χ0v) is 12.1. The number of likely N-dealkylation sites (N-methyl/N-ethyl adjacent to an activating group) is 1. The van der Waals surface area contributed by atoms with Crippen molar-refractivity contribution >= 4 is 5.78 Å². The molecule has 0 unspecified atom stereocenters. The third kappa shape index (κ3) is 3.36. The molecule has 0 aromatic heterocycles. The van der Waals surface area contributed by atoms with Gasteiger partial charge in [-0.2, -0.15) is 0 Å². The number of benzene rings is 1. The van der Waals surface area contributed by atoms with Crippen LogP contribution in [-0.4, -0.2) is 55.4 Å². The van der Waals surface area contributed by atoms with E-state index in [1.807, 2.05) is 11.9 Å². The molecule has 0 spiro atoms. The number of carbonyl (C=O) groups excluding carboxylic acids is 1. The molecule has 0 aliphatic carbocycles. The molecule has 0 atom stereocenters. The topological polar surface area (TPSA) is 23.6 Å². The Kier molecular flexibility index (Phi) is 4.97. The van der Waals surface area contributed by atoms with Crippen molar-refractivity contribution in [2.24, 2.45) is 0 Å². The van der Waals surface area contributed by atoms with Gasteiger partial charge < -0.3 is 4.90 Å². The number of carbonyl (C=O) groups is 1. The number of hydrogen-bond acceptors (Lipinski definition) is 3. The maximum Gasteiger partial charge on any atom is 0.198 e. The Balaban J connectivity index is 2.13. The van der Waals surface area contributed by atoms with Gasteiger partial charge in [0.1, 0.15) is 0 Å². The normalized spacial score (nSPS) is 16.8. The van der Waals surface area contributed by atoms with Gasteiger partial charge in [0.25, 0.3) is 0 Å². The van der Waals surface area contributed by atoms with Crippen LogP contribution in [-0.2, 0) is 0 Å². The predicted octanol–water partition coefficient (Wildman–Crippen LogP) is 2.23. The van der Waals surface area contributed by atoms with E-state index in [1.54, 1.807) is 0 Å². The van der Waals surface area contributed by atoms with Crippen LogP contribution < -0.4 is 0 Å². The molecule has 0 radical (unpaired) electrons. The second-order valence-corrected chi connectivity index (χ2v) is 5.36. The van der Waals surface area contributed by atoms with Crippen LogP contribution in [0.2, 0.25) is 0 Å². The zero-order valence-electron chi connectivity index (χ0n) is 12.1. The van der Waals surface area contributed by atoms with Crippen LogP contribution in [0, 0.1) is 23.3 Å². The molecule has 120 valence electrons. The third-order valence-corrected chi connectivity index (χ3v) is 3.68. The molecule has 3 nitrogen and oxygen atoms in total. The van der Waals surface area contributed by atoms with Crippen LogP contribution in [0.15, 0.2) is 18.2 Å². The van der Waals surface area contributed by atoms with E-state index in [4.69, 9.17) is 0 Å². The molecule has 0 bridgehead atoms. The smallest absolute Gasteiger partial charge is 0.198 e. The van der Waals surface area contributed by atoms with E-state index in [2.05, 4.69) is 11.5 Å². The molecular formula is C15H16F4N2O. The highest BCUT2D eigenvalue weighted by molar-refractivity contribution is 6.08. The van der Waals surface area contributed by atoms with Gasteiger partial charge in [0.15, 0.2) is 29.1 Å². The molecule has 1 aliphatic rings. The summed E-state index contributed by atoms with van der Waals surface area (Å²) in [7, 11) is 1.97. The van der Waals surface area contributed by atoms with E-state index in [0.717, 1.165) is 13.1 Å². The van der Waals surface area contributed by atoms with Crippen LogP contribution in [0.1, 0.15) is 10.4 Å². The summed E-state index contributed by atoms with van der Waals surface area (Å²) >= 11 is 0. The first kappa shape index (κ1) is 16.6. The minimum Gasteiger partial charge on any atom is -0.304 e. The second kappa shape index (κ2) is 6.58. The highest BCUT2D eigenvalue weighted by atomic mass is 19.2. The SMILES string of the molecule is C=C(CN1CCN(C)CC1)C(=O)c1cc(F)c(F)c(F)c1F. The number of piperazine rings is 1. The number of Topliss-reactive ketones (excluding diaryl/α,β-unsaturated/α-hetero) is 1. The monoisotopic (exact) mass is 316 g/mol. The van der Waals surface area contributed by atoms with Gasteiger partial charge in [-0.15, -0.1) is 0 Å². The molecule has 2 rings (SSSR count). The van der Waals surface area contributed by atoms with Crippen LogP contribution in [0.25, 0.3) is 0 Å². The second-order valence-electron chi connectivity index (χ2n) is 5.36. The fourth-order valence-electron chi connectivity index (χ4n) is 2.28. The van der Waals surface area contributed by atoms with Crippen molar-refractivity contribution in [2.75, 3.05) is 39.8 Å². The number of hydrogen-bond donors (Lipinski definition) is 0. The fraction of sp³-hybridized carbons (Fsp3) is 0.400. The zero-order chi connectivity index (χ0) is 16.4. The lowest BCUT2D eigenvalue weighted by molar-refractivity contribution is 0.100. The highest BCUT2D eigenvalue weighted by Crippen LogP contribution is 2.21. The Morgan fingerprint density at radius 2 is 1.68 bits per heavy atom. The highest BCUT2D eigenvalue weighted by Gasteiger charge is 2.25. The summed E-state index contributed by atoms with van der Waals surface area (Å²) in [6, 6.07) is 0.366. The Morgan fingerprint density at radius 3 is 2.27 bits per heavy atom. The van der Waals surface area contributed by atoms with Gasteiger partial charge in [0.2, 0.25) is 0 Å². The van der Waals surface area contributed by atoms with Gasteiger partial charge in [-0.05, 0) is 13.1 Å². The van der Waals surface area contributed by atoms with E-state index in [1.165, 1.54) is 0 Å². The Labute approximate surface area is 125 Å². The minimum atomic E-state index is -1.99. The molecule has 0 saturated carbocycles. The van der Waals surface area contributed by atoms with Crippen molar-refractivity contribution in [1.29, 1.82) is 0 Å². The van der Waals surface area contributed by atoms with Gasteiger partial charge in [-0.3, -0.25) is 9.69 Å². The lowest BCUT2D eigenvalue weighted by Crippen LogP contribution is -2.45. The van der Waals surface area contributed by atoms with Gasteiger partial charge >= 0.3 is 0 Å². The average molecular weight is 316 g/mol. The first-order chi connectivity index (χ1) is 10.3. The number of nitrogens with zero attached hydrogens (tertiary/aromatic N) is 2. The molecule has 0 amide bonds. The molecule has 1 aliphatic heterocycles. The summed E-state index contributed by atoms with van der Waals surface area (Å²) < 4.78 is 52.9. The standard InChI is InChI=1S/C15H16F4N2O/c1-9(8-21-5-3-20(2)4-6-21)15(22)10-7-11(16)13(18)14(19)12(10)17/h7H,1,3-6,8H2,2H3. The van der Waals surface area contributed by atoms with Crippen molar-refractivity contribution in [3.05, 3.63) is 47.1 Å². The summed E-state index contributed by atoms with van der Waals surface area (Å²) in [6.45, 7) is 6.77. The fourth-order valence-corrected chi connectivity index (χ4v) is 2.28. The summed E-state index contributed by atoms with van der Waals surface area (Å²) in [5, 5.41) is 0. The van der Waals surface area contributed by atoms with Gasteiger partial charge in [0, 0.05) is 38.3 Å². The molecule has 1 heterocycles. The molecule has 1 fully saturated rings. The van der Waals surface area contributed by atoms with Crippen molar-refractivity contribution in [3.63, 3.8) is 0 Å². The van der Waals surface area contributed by atoms with Crippen LogP contribution in [0.5, 0.6) is 0 Å². The van der Waals surface area contributed by atoms with Crippen molar-refractivity contribution in [2.45, 2.75) is 0 Å². The van der Waals surface area contributed by atoms with Crippen molar-refractivity contribution < 1.29 is 22.4 Å². The van der Waals surface area contributed by atoms with E-state index >= 15 is 0 Å². The number of halogens is 4. The minimum absolute atomic E-state index is 0.00820. The van der Waals surface area contributed by atoms with Gasteiger partial charge in [-0.1, -0.05) is 6.58 Å². The van der Waals surface area contributed by atoms with Gasteiger partial charge in [0.05, 0.1) is 5.56 Å². The average Bonchev–Trinajstić information content (AvgIpc) is 2.50. The third-order valence-electron chi connectivity index (χ3n) is 3.68. The molecule has 1 aromatic carbocycles. The van der Waals surface area contributed by atoms with Crippen LogP contribution in [0.3, 0.4) is 0 Å². The van der Waals surface area contributed by atoms with E-state index < -0.39 is 34.6 Å². The summed E-state index contributed by atoms with van der Waals surface area (Å²) in [6.07, 6.45) is 0. The van der Waals surface area contributed by atoms with E-state index in [9.17, 15) is 22.4 Å². The lowest BCUT2D eigenvalue weighted by atomic mass is 10.0. The number of ketones is 1. The molecule has 1 saturated heterocycles. The summed E-state index contributed by atoms with van der Waals surface area (Å²) in [5.41, 5.74) is -0.829. The molecular weight excluding hydrogens is 300 g/mol.